The lowest BCUT2D eigenvalue weighted by Crippen LogP contribution is -2.34. The van der Waals surface area contributed by atoms with Crippen molar-refractivity contribution < 1.29 is 19.1 Å². The molecule has 1 aromatic rings. The molecule has 1 rings (SSSR count). The molecule has 0 aliphatic heterocycles. The van der Waals surface area contributed by atoms with E-state index in [9.17, 15) is 9.59 Å². The maximum atomic E-state index is 11.2. The van der Waals surface area contributed by atoms with Crippen molar-refractivity contribution in [3.8, 4) is 0 Å². The molecule has 6 nitrogen and oxygen atoms in total. The SMILES string of the molecule is COC(=O)[C@@H](N)Cc1ccc(C[C@H](N)C(=O)OC)cc1. The maximum Gasteiger partial charge on any atom is 0.322 e. The van der Waals surface area contributed by atoms with Gasteiger partial charge in [-0.25, -0.2) is 0 Å². The molecule has 4 N–H and O–H groups in total. The van der Waals surface area contributed by atoms with Gasteiger partial charge in [-0.3, -0.25) is 9.59 Å². The highest BCUT2D eigenvalue weighted by molar-refractivity contribution is 5.76. The van der Waals surface area contributed by atoms with Gasteiger partial charge in [0.05, 0.1) is 14.2 Å². The van der Waals surface area contributed by atoms with Crippen LogP contribution in [0.5, 0.6) is 0 Å². The zero-order chi connectivity index (χ0) is 15.1. The Morgan fingerprint density at radius 3 is 1.45 bits per heavy atom. The zero-order valence-electron chi connectivity index (χ0n) is 11.7. The van der Waals surface area contributed by atoms with E-state index in [0.29, 0.717) is 12.8 Å². The Morgan fingerprint density at radius 1 is 0.900 bits per heavy atom. The molecule has 0 radical (unpaired) electrons. The normalized spacial score (nSPS) is 13.4. The van der Waals surface area contributed by atoms with Gasteiger partial charge in [-0.1, -0.05) is 24.3 Å². The van der Waals surface area contributed by atoms with Gasteiger partial charge in [0, 0.05) is 0 Å². The summed E-state index contributed by atoms with van der Waals surface area (Å²) in [5.41, 5.74) is 13.2. The Morgan fingerprint density at radius 2 is 1.20 bits per heavy atom. The summed E-state index contributed by atoms with van der Waals surface area (Å²) in [5, 5.41) is 0. The molecule has 0 saturated heterocycles. The second-order valence-electron chi connectivity index (χ2n) is 4.48. The van der Waals surface area contributed by atoms with Crippen LogP contribution in [0.3, 0.4) is 0 Å². The Bertz CT molecular complexity index is 416. The number of carbonyl (C=O) groups is 2. The van der Waals surface area contributed by atoms with Crippen molar-refractivity contribution >= 4 is 11.9 Å². The van der Waals surface area contributed by atoms with Crippen molar-refractivity contribution in [2.24, 2.45) is 11.5 Å². The quantitative estimate of drug-likeness (QED) is 0.698. The van der Waals surface area contributed by atoms with Crippen LogP contribution in [0.25, 0.3) is 0 Å². The molecular weight excluding hydrogens is 260 g/mol. The van der Waals surface area contributed by atoms with Gasteiger partial charge in [0.15, 0.2) is 0 Å². The van der Waals surface area contributed by atoms with Crippen molar-refractivity contribution in [2.75, 3.05) is 14.2 Å². The van der Waals surface area contributed by atoms with Crippen LogP contribution in [0.2, 0.25) is 0 Å². The molecule has 0 amide bonds. The van der Waals surface area contributed by atoms with Crippen molar-refractivity contribution in [3.63, 3.8) is 0 Å². The highest BCUT2D eigenvalue weighted by atomic mass is 16.5. The van der Waals surface area contributed by atoms with Gasteiger partial charge in [0.2, 0.25) is 0 Å². The lowest BCUT2D eigenvalue weighted by atomic mass is 10.0. The number of rotatable bonds is 6. The third-order valence-corrected chi connectivity index (χ3v) is 2.94. The highest BCUT2D eigenvalue weighted by Crippen LogP contribution is 2.09. The van der Waals surface area contributed by atoms with Crippen LogP contribution in [0, 0.1) is 0 Å². The molecule has 6 heteroatoms. The third-order valence-electron chi connectivity index (χ3n) is 2.94. The summed E-state index contributed by atoms with van der Waals surface area (Å²) >= 11 is 0. The summed E-state index contributed by atoms with van der Waals surface area (Å²) in [6.07, 6.45) is 0.798. The Kier molecular flexibility index (Phi) is 6.14. The fraction of sp³-hybridized carbons (Fsp3) is 0.429. The maximum absolute atomic E-state index is 11.2. The van der Waals surface area contributed by atoms with E-state index >= 15 is 0 Å². The molecule has 110 valence electrons. The highest BCUT2D eigenvalue weighted by Gasteiger charge is 2.16. The first-order valence-corrected chi connectivity index (χ1v) is 6.22. The number of ether oxygens (including phenoxy) is 2. The first kappa shape index (κ1) is 16.1. The van der Waals surface area contributed by atoms with Crippen molar-refractivity contribution in [1.29, 1.82) is 0 Å². The van der Waals surface area contributed by atoms with Gasteiger partial charge in [-0.05, 0) is 24.0 Å². The molecule has 0 saturated carbocycles. The standard InChI is InChI=1S/C14H20N2O4/c1-19-13(17)11(15)7-9-3-5-10(6-4-9)8-12(16)14(18)20-2/h3-6,11-12H,7-8,15-16H2,1-2H3/t11-,12-/m0/s1. The summed E-state index contributed by atoms with van der Waals surface area (Å²) in [6, 6.07) is 6.04. The smallest absolute Gasteiger partial charge is 0.322 e. The molecule has 0 heterocycles. The van der Waals surface area contributed by atoms with E-state index in [-0.39, 0.29) is 0 Å². The average molecular weight is 280 g/mol. The van der Waals surface area contributed by atoms with Gasteiger partial charge in [-0.2, -0.15) is 0 Å². The van der Waals surface area contributed by atoms with Crippen LogP contribution in [-0.4, -0.2) is 38.2 Å². The van der Waals surface area contributed by atoms with E-state index in [0.717, 1.165) is 11.1 Å². The van der Waals surface area contributed by atoms with Crippen molar-refractivity contribution in [2.45, 2.75) is 24.9 Å². The summed E-state index contributed by atoms with van der Waals surface area (Å²) in [4.78, 5) is 22.4. The third kappa shape index (κ3) is 4.64. The Balaban J connectivity index is 2.60. The number of methoxy groups -OCH3 is 2. The molecular formula is C14H20N2O4. The Hall–Kier alpha value is -1.92. The summed E-state index contributed by atoms with van der Waals surface area (Å²) < 4.78 is 9.13. The topological polar surface area (TPSA) is 105 Å². The zero-order valence-corrected chi connectivity index (χ0v) is 11.7. The lowest BCUT2D eigenvalue weighted by Gasteiger charge is -2.11. The summed E-state index contributed by atoms with van der Waals surface area (Å²) in [5.74, 6) is -0.886. The number of benzene rings is 1. The molecule has 0 fully saturated rings. The minimum atomic E-state index is -0.678. The number of esters is 2. The second-order valence-corrected chi connectivity index (χ2v) is 4.48. The minimum Gasteiger partial charge on any atom is -0.468 e. The van der Waals surface area contributed by atoms with E-state index in [4.69, 9.17) is 11.5 Å². The van der Waals surface area contributed by atoms with Crippen LogP contribution in [0.4, 0.5) is 0 Å². The molecule has 0 spiro atoms. The van der Waals surface area contributed by atoms with Crippen molar-refractivity contribution in [1.82, 2.24) is 0 Å². The van der Waals surface area contributed by atoms with E-state index < -0.39 is 24.0 Å². The van der Waals surface area contributed by atoms with E-state index in [1.54, 1.807) is 0 Å². The summed E-state index contributed by atoms with van der Waals surface area (Å²) in [6.45, 7) is 0. The molecule has 1 aromatic carbocycles. The summed E-state index contributed by atoms with van der Waals surface area (Å²) in [7, 11) is 2.61. The van der Waals surface area contributed by atoms with E-state index in [2.05, 4.69) is 9.47 Å². The predicted molar refractivity (Wildman–Crippen MR) is 73.8 cm³/mol. The molecule has 2 atom stereocenters. The van der Waals surface area contributed by atoms with Gasteiger partial charge in [0.25, 0.3) is 0 Å². The number of hydrogen-bond acceptors (Lipinski definition) is 6. The number of nitrogens with two attached hydrogens (primary N) is 2. The molecule has 0 aliphatic rings. The van der Waals surface area contributed by atoms with E-state index in [1.165, 1.54) is 14.2 Å². The van der Waals surface area contributed by atoms with Gasteiger partial charge < -0.3 is 20.9 Å². The van der Waals surface area contributed by atoms with Crippen LogP contribution in [0.1, 0.15) is 11.1 Å². The predicted octanol–water partition coefficient (Wildman–Crippen LogP) is -0.228. The first-order valence-electron chi connectivity index (χ1n) is 6.22. The van der Waals surface area contributed by atoms with Crippen LogP contribution >= 0.6 is 0 Å². The van der Waals surface area contributed by atoms with Crippen LogP contribution in [0.15, 0.2) is 24.3 Å². The van der Waals surface area contributed by atoms with Gasteiger partial charge in [-0.15, -0.1) is 0 Å². The minimum absolute atomic E-state index is 0.399. The number of hydrogen-bond donors (Lipinski definition) is 2. The molecule has 0 aromatic heterocycles. The fourth-order valence-corrected chi connectivity index (χ4v) is 1.79. The second kappa shape index (κ2) is 7.62. The molecule has 0 aliphatic carbocycles. The molecule has 0 bridgehead atoms. The van der Waals surface area contributed by atoms with Gasteiger partial charge in [0.1, 0.15) is 12.1 Å². The van der Waals surface area contributed by atoms with Crippen LogP contribution < -0.4 is 11.5 Å². The first-order chi connectivity index (χ1) is 9.47. The fourth-order valence-electron chi connectivity index (χ4n) is 1.79. The number of carbonyl (C=O) groups excluding carboxylic acids is 2. The van der Waals surface area contributed by atoms with E-state index in [1.807, 2.05) is 24.3 Å². The van der Waals surface area contributed by atoms with Crippen molar-refractivity contribution in [3.05, 3.63) is 35.4 Å². The molecule has 20 heavy (non-hydrogen) atoms. The largest absolute Gasteiger partial charge is 0.468 e. The Labute approximate surface area is 118 Å². The monoisotopic (exact) mass is 280 g/mol. The van der Waals surface area contributed by atoms with Crippen LogP contribution in [-0.2, 0) is 31.9 Å². The van der Waals surface area contributed by atoms with Gasteiger partial charge >= 0.3 is 11.9 Å². The average Bonchev–Trinajstić information content (AvgIpc) is 2.47. The lowest BCUT2D eigenvalue weighted by molar-refractivity contribution is -0.142. The molecule has 0 unspecified atom stereocenters.